The molecule has 1 saturated heterocycles. The first-order chi connectivity index (χ1) is 21.7. The third kappa shape index (κ3) is 7.45. The van der Waals surface area contributed by atoms with Crippen LogP contribution in [0.5, 0.6) is 5.75 Å². The summed E-state index contributed by atoms with van der Waals surface area (Å²) in [6, 6.07) is 4.88. The van der Waals surface area contributed by atoms with E-state index in [2.05, 4.69) is 26.1 Å². The van der Waals surface area contributed by atoms with Crippen LogP contribution in [0.3, 0.4) is 0 Å². The smallest absolute Gasteiger partial charge is 0.496 e. The highest BCUT2D eigenvalue weighted by Crippen LogP contribution is 2.65. The Labute approximate surface area is 269 Å². The Bertz CT molecular complexity index is 1280. The summed E-state index contributed by atoms with van der Waals surface area (Å²) in [7, 11) is 0.554. The number of nitrogens with one attached hydrogen (secondary N) is 1. The molecule has 1 aromatic carbocycles. The Hall–Kier alpha value is -2.93. The van der Waals surface area contributed by atoms with Crippen molar-refractivity contribution in [1.82, 2.24) is 5.32 Å². The fourth-order valence-corrected chi connectivity index (χ4v) is 7.84. The van der Waals surface area contributed by atoms with E-state index in [0.29, 0.717) is 11.5 Å². The van der Waals surface area contributed by atoms with Crippen molar-refractivity contribution in [3.63, 3.8) is 0 Å². The molecular weight excluding hydrogens is 603 g/mol. The highest BCUT2D eigenvalue weighted by molar-refractivity contribution is 6.48. The third-order valence-electron chi connectivity index (χ3n) is 10.6. The van der Waals surface area contributed by atoms with Crippen LogP contribution in [0.4, 0.5) is 13.6 Å². The molecule has 254 valence electrons. The Kier molecular flexibility index (Phi) is 10.2. The van der Waals surface area contributed by atoms with Gasteiger partial charge in [0.05, 0.1) is 24.8 Å². The number of amides is 1. The molecule has 1 heterocycles. The van der Waals surface area contributed by atoms with Crippen LogP contribution in [0.15, 0.2) is 18.2 Å². The maximum Gasteiger partial charge on any atom is 0.511 e. The SMILES string of the molecule is COc1c(CC(NC(=O)CCC(C)(F)F)B2OC3CC4CC(C4(C)C)C3(C)O2)cccc1C(=O)OCOC(=O)OC1CCCCC1. The van der Waals surface area contributed by atoms with Crippen molar-refractivity contribution in [2.24, 2.45) is 17.3 Å². The van der Waals surface area contributed by atoms with Crippen molar-refractivity contribution >= 4 is 25.2 Å². The molecule has 1 N–H and O–H groups in total. The van der Waals surface area contributed by atoms with Gasteiger partial charge >= 0.3 is 19.2 Å². The third-order valence-corrected chi connectivity index (χ3v) is 10.6. The molecule has 1 aliphatic heterocycles. The van der Waals surface area contributed by atoms with E-state index >= 15 is 0 Å². The van der Waals surface area contributed by atoms with Gasteiger partial charge in [0, 0.05) is 12.8 Å². The molecule has 5 aliphatic rings. The summed E-state index contributed by atoms with van der Waals surface area (Å²) >= 11 is 0. The van der Waals surface area contributed by atoms with Crippen LogP contribution >= 0.6 is 0 Å². The number of rotatable bonds is 12. The average molecular weight is 650 g/mol. The molecule has 46 heavy (non-hydrogen) atoms. The number of ether oxygens (including phenoxy) is 4. The first kappa shape index (κ1) is 34.4. The molecule has 4 aliphatic carbocycles. The van der Waals surface area contributed by atoms with Gasteiger partial charge in [0.15, 0.2) is 0 Å². The second-order valence-corrected chi connectivity index (χ2v) is 14.1. The van der Waals surface area contributed by atoms with E-state index in [1.165, 1.54) is 13.2 Å². The van der Waals surface area contributed by atoms with Crippen molar-refractivity contribution in [2.75, 3.05) is 13.9 Å². The minimum atomic E-state index is -2.99. The number of hydrogen-bond donors (Lipinski definition) is 1. The fourth-order valence-electron chi connectivity index (χ4n) is 7.84. The molecule has 0 spiro atoms. The Balaban J connectivity index is 1.28. The molecule has 5 unspecified atom stereocenters. The van der Waals surface area contributed by atoms with E-state index in [9.17, 15) is 23.2 Å². The van der Waals surface area contributed by atoms with Gasteiger partial charge in [-0.3, -0.25) is 4.79 Å². The number of carbonyl (C=O) groups is 3. The number of methoxy groups -OCH3 is 1. The van der Waals surface area contributed by atoms with Crippen LogP contribution in [0.25, 0.3) is 0 Å². The molecule has 1 aromatic rings. The number of alkyl halides is 2. The van der Waals surface area contributed by atoms with Gasteiger partial charge in [-0.25, -0.2) is 18.4 Å². The quantitative estimate of drug-likeness (QED) is 0.165. The van der Waals surface area contributed by atoms with Crippen molar-refractivity contribution in [1.29, 1.82) is 0 Å². The van der Waals surface area contributed by atoms with Crippen LogP contribution in [-0.2, 0) is 34.7 Å². The summed E-state index contributed by atoms with van der Waals surface area (Å²) in [5.74, 6) is -4.12. The molecule has 0 aromatic heterocycles. The number of hydrogen-bond acceptors (Lipinski definition) is 9. The van der Waals surface area contributed by atoms with E-state index in [1.54, 1.807) is 12.1 Å². The lowest BCUT2D eigenvalue weighted by Crippen LogP contribution is -2.65. The van der Waals surface area contributed by atoms with E-state index in [0.717, 1.165) is 51.9 Å². The summed E-state index contributed by atoms with van der Waals surface area (Å²) in [5.41, 5.74) is 0.160. The first-order valence-electron chi connectivity index (χ1n) is 16.4. The lowest BCUT2D eigenvalue weighted by Gasteiger charge is -2.64. The molecule has 1 amide bonds. The molecule has 0 radical (unpaired) electrons. The van der Waals surface area contributed by atoms with Crippen LogP contribution in [0.2, 0.25) is 0 Å². The summed E-state index contributed by atoms with van der Waals surface area (Å²) in [4.78, 5) is 38.0. The van der Waals surface area contributed by atoms with Crippen LogP contribution in [0, 0.1) is 17.3 Å². The summed E-state index contributed by atoms with van der Waals surface area (Å²) in [6.45, 7) is 6.68. The summed E-state index contributed by atoms with van der Waals surface area (Å²) < 4.78 is 61.3. The molecule has 5 fully saturated rings. The molecule has 10 nitrogen and oxygen atoms in total. The number of carbonyl (C=O) groups excluding carboxylic acids is 3. The van der Waals surface area contributed by atoms with E-state index in [4.69, 9.17) is 28.3 Å². The molecule has 4 saturated carbocycles. The predicted octanol–water partition coefficient (Wildman–Crippen LogP) is 6.03. The van der Waals surface area contributed by atoms with Gasteiger partial charge in [0.2, 0.25) is 18.6 Å². The number of benzene rings is 1. The number of esters is 1. The Morgan fingerprint density at radius 2 is 1.85 bits per heavy atom. The zero-order valence-corrected chi connectivity index (χ0v) is 27.4. The molecule has 6 rings (SSSR count). The number of halogens is 2. The minimum absolute atomic E-state index is 0.0800. The van der Waals surface area contributed by atoms with Crippen molar-refractivity contribution in [2.45, 2.75) is 122 Å². The van der Waals surface area contributed by atoms with Crippen molar-refractivity contribution < 1.29 is 51.4 Å². The maximum atomic E-state index is 13.6. The van der Waals surface area contributed by atoms with Crippen molar-refractivity contribution in [3.05, 3.63) is 29.3 Å². The minimum Gasteiger partial charge on any atom is -0.496 e. The van der Waals surface area contributed by atoms with Gasteiger partial charge in [0.25, 0.3) is 0 Å². The molecule has 5 atom stereocenters. The average Bonchev–Trinajstić information content (AvgIpc) is 3.37. The highest BCUT2D eigenvalue weighted by atomic mass is 19.3. The zero-order chi connectivity index (χ0) is 33.3. The summed E-state index contributed by atoms with van der Waals surface area (Å²) in [5, 5.41) is 2.87. The second kappa shape index (κ2) is 13.7. The standard InChI is InChI=1S/C33H46BF2NO9/c1-31(2)21-17-24(31)33(4)25(18-21)45-34(46-33)26(37-27(38)14-15-32(3,35)36)16-20-10-9-13-23(28(20)41-5)29(39)42-19-43-30(40)44-22-11-7-6-8-12-22/h9-10,13,21-22,24-26H,6-8,11-12,14-19H2,1-5H3,(H,37,38). The predicted molar refractivity (Wildman–Crippen MR) is 163 cm³/mol. The van der Waals surface area contributed by atoms with E-state index < -0.39 is 55.8 Å². The van der Waals surface area contributed by atoms with Gasteiger partial charge < -0.3 is 33.6 Å². The Morgan fingerprint density at radius 3 is 2.52 bits per heavy atom. The normalized spacial score (nSPS) is 27.5. The fraction of sp³-hybridized carbons (Fsp3) is 0.727. The lowest BCUT2D eigenvalue weighted by molar-refractivity contribution is -0.199. The largest absolute Gasteiger partial charge is 0.511 e. The number of para-hydroxylation sites is 1. The van der Waals surface area contributed by atoms with Crippen molar-refractivity contribution in [3.8, 4) is 5.75 Å². The Morgan fingerprint density at radius 1 is 1.11 bits per heavy atom. The van der Waals surface area contributed by atoms with Gasteiger partial charge in [-0.15, -0.1) is 0 Å². The highest BCUT2D eigenvalue weighted by Gasteiger charge is 2.68. The molecular formula is C33H46BF2NO9. The molecule has 2 bridgehead atoms. The summed E-state index contributed by atoms with van der Waals surface area (Å²) in [6.07, 6.45) is 4.40. The zero-order valence-electron chi connectivity index (χ0n) is 27.4. The maximum absolute atomic E-state index is 13.6. The van der Waals surface area contributed by atoms with Crippen LogP contribution in [0.1, 0.15) is 101 Å². The van der Waals surface area contributed by atoms with Gasteiger partial charge in [-0.05, 0) is 87.7 Å². The van der Waals surface area contributed by atoms with Crippen LogP contribution in [-0.4, -0.2) is 68.7 Å². The van der Waals surface area contributed by atoms with Gasteiger partial charge in [-0.2, -0.15) is 0 Å². The van der Waals surface area contributed by atoms with Crippen LogP contribution < -0.4 is 10.1 Å². The molecule has 13 heteroatoms. The topological polar surface area (TPSA) is 119 Å². The second-order valence-electron chi connectivity index (χ2n) is 14.1. The van der Waals surface area contributed by atoms with E-state index in [1.807, 2.05) is 0 Å². The van der Waals surface area contributed by atoms with Gasteiger partial charge in [-0.1, -0.05) is 32.4 Å². The monoisotopic (exact) mass is 649 g/mol. The van der Waals surface area contributed by atoms with Gasteiger partial charge in [0.1, 0.15) is 17.4 Å². The lowest BCUT2D eigenvalue weighted by atomic mass is 9.43. The first-order valence-corrected chi connectivity index (χ1v) is 16.4. The van der Waals surface area contributed by atoms with E-state index in [-0.39, 0.29) is 47.7 Å².